The number of hydrogen-bond donors (Lipinski definition) is 2. The van der Waals surface area contributed by atoms with Gasteiger partial charge in [-0.25, -0.2) is 0 Å². The maximum absolute atomic E-state index is 12.4. The number of thiophene rings is 1. The van der Waals surface area contributed by atoms with Crippen molar-refractivity contribution in [3.05, 3.63) is 57.9 Å². The van der Waals surface area contributed by atoms with Crippen LogP contribution < -0.4 is 5.32 Å². The van der Waals surface area contributed by atoms with Crippen LogP contribution in [-0.4, -0.2) is 11.0 Å². The Morgan fingerprint density at radius 3 is 2.76 bits per heavy atom. The Kier molecular flexibility index (Phi) is 3.57. The lowest BCUT2D eigenvalue weighted by Gasteiger charge is -2.07. The summed E-state index contributed by atoms with van der Waals surface area (Å²) in [5.74, 6) is -0.252. The van der Waals surface area contributed by atoms with Gasteiger partial charge in [-0.2, -0.15) is 0 Å². The van der Waals surface area contributed by atoms with Gasteiger partial charge in [0, 0.05) is 9.72 Å². The van der Waals surface area contributed by atoms with Crippen molar-refractivity contribution in [3.63, 3.8) is 0 Å². The molecule has 0 saturated heterocycles. The summed E-state index contributed by atoms with van der Waals surface area (Å²) in [5.41, 5.74) is 1.25. The van der Waals surface area contributed by atoms with Gasteiger partial charge < -0.3 is 10.4 Å². The van der Waals surface area contributed by atoms with E-state index in [4.69, 9.17) is 11.6 Å². The van der Waals surface area contributed by atoms with Crippen LogP contribution in [0.2, 0.25) is 5.02 Å². The maximum Gasteiger partial charge on any atom is 0.266 e. The van der Waals surface area contributed by atoms with E-state index in [-0.39, 0.29) is 11.7 Å². The number of amides is 1. The van der Waals surface area contributed by atoms with Gasteiger partial charge >= 0.3 is 0 Å². The first-order valence-electron chi connectivity index (χ1n) is 6.34. The molecule has 0 atom stereocenters. The van der Waals surface area contributed by atoms with Crippen molar-refractivity contribution in [2.75, 3.05) is 5.32 Å². The number of fused-ring (bicyclic) bond motifs is 1. The predicted molar refractivity (Wildman–Crippen MR) is 87.6 cm³/mol. The van der Waals surface area contributed by atoms with Gasteiger partial charge in [-0.3, -0.25) is 4.79 Å². The topological polar surface area (TPSA) is 49.3 Å². The van der Waals surface area contributed by atoms with Crippen LogP contribution in [-0.2, 0) is 0 Å². The number of carbonyl (C=O) groups excluding carboxylic acids is 1. The highest BCUT2D eigenvalue weighted by Crippen LogP contribution is 2.32. The summed E-state index contributed by atoms with van der Waals surface area (Å²) in [4.78, 5) is 13.0. The van der Waals surface area contributed by atoms with E-state index in [0.717, 1.165) is 15.6 Å². The Balaban J connectivity index is 1.97. The molecule has 1 aromatic heterocycles. The number of hydrogen-bond acceptors (Lipinski definition) is 3. The van der Waals surface area contributed by atoms with E-state index in [1.165, 1.54) is 23.5 Å². The minimum atomic E-state index is -0.244. The molecule has 0 aliphatic carbocycles. The number of aryl methyl sites for hydroxylation is 1. The summed E-state index contributed by atoms with van der Waals surface area (Å²) in [5, 5.41) is 14.0. The molecule has 0 aliphatic heterocycles. The molecule has 3 nitrogen and oxygen atoms in total. The van der Waals surface area contributed by atoms with Crippen LogP contribution in [0.25, 0.3) is 10.1 Å². The largest absolute Gasteiger partial charge is 0.506 e. The zero-order chi connectivity index (χ0) is 15.0. The average Bonchev–Trinajstić information content (AvgIpc) is 2.81. The highest BCUT2D eigenvalue weighted by atomic mass is 35.5. The Bertz CT molecular complexity index is 841. The highest BCUT2D eigenvalue weighted by molar-refractivity contribution is 7.21. The first kappa shape index (κ1) is 13.9. The molecule has 1 amide bonds. The molecule has 106 valence electrons. The Morgan fingerprint density at radius 2 is 2.00 bits per heavy atom. The van der Waals surface area contributed by atoms with Gasteiger partial charge in [-0.15, -0.1) is 11.3 Å². The summed E-state index contributed by atoms with van der Waals surface area (Å²) >= 11 is 7.32. The Hall–Kier alpha value is -2.04. The van der Waals surface area contributed by atoms with Crippen molar-refractivity contribution in [3.8, 4) is 5.75 Å². The summed E-state index contributed by atoms with van der Waals surface area (Å²) in [7, 11) is 0. The molecule has 2 aromatic carbocycles. The summed E-state index contributed by atoms with van der Waals surface area (Å²) < 4.78 is 1.07. The number of carbonyl (C=O) groups is 1. The monoisotopic (exact) mass is 317 g/mol. The number of anilines is 1. The van der Waals surface area contributed by atoms with Crippen LogP contribution in [0.5, 0.6) is 5.75 Å². The van der Waals surface area contributed by atoms with Gasteiger partial charge in [0.15, 0.2) is 0 Å². The van der Waals surface area contributed by atoms with Crippen molar-refractivity contribution in [2.45, 2.75) is 6.92 Å². The van der Waals surface area contributed by atoms with E-state index >= 15 is 0 Å². The van der Waals surface area contributed by atoms with E-state index in [1.807, 2.05) is 31.2 Å². The molecule has 0 bridgehead atoms. The second-order valence-corrected chi connectivity index (χ2v) is 6.16. The molecule has 0 spiro atoms. The third-order valence-electron chi connectivity index (χ3n) is 3.26. The van der Waals surface area contributed by atoms with Gasteiger partial charge in [0.05, 0.1) is 10.6 Å². The van der Waals surface area contributed by atoms with E-state index in [1.54, 1.807) is 6.07 Å². The van der Waals surface area contributed by atoms with Crippen LogP contribution in [0.3, 0.4) is 0 Å². The lowest BCUT2D eigenvalue weighted by molar-refractivity contribution is 0.102. The molecule has 21 heavy (non-hydrogen) atoms. The fourth-order valence-corrected chi connectivity index (χ4v) is 3.45. The standard InChI is InChI=1S/C16H12ClNO2S/c1-9-11-4-2-3-5-14(11)21-15(9)16(20)18-12-8-10(17)6-7-13(12)19/h2-8,19H,1H3,(H,18,20). The van der Waals surface area contributed by atoms with E-state index < -0.39 is 0 Å². The summed E-state index contributed by atoms with van der Waals surface area (Å²) in [6.07, 6.45) is 0. The van der Waals surface area contributed by atoms with Gasteiger partial charge in [0.2, 0.25) is 0 Å². The van der Waals surface area contributed by atoms with Crippen molar-refractivity contribution >= 4 is 44.6 Å². The van der Waals surface area contributed by atoms with Crippen molar-refractivity contribution < 1.29 is 9.90 Å². The fourth-order valence-electron chi connectivity index (χ4n) is 2.18. The van der Waals surface area contributed by atoms with Crippen molar-refractivity contribution in [1.82, 2.24) is 0 Å². The quantitative estimate of drug-likeness (QED) is 0.666. The SMILES string of the molecule is Cc1c(C(=O)Nc2cc(Cl)ccc2O)sc2ccccc12. The molecule has 5 heteroatoms. The van der Waals surface area contributed by atoms with Crippen LogP contribution in [0.1, 0.15) is 15.2 Å². The molecule has 2 N–H and O–H groups in total. The summed E-state index contributed by atoms with van der Waals surface area (Å²) in [6, 6.07) is 12.4. The molecule has 3 aromatic rings. The van der Waals surface area contributed by atoms with Crippen LogP contribution in [0.15, 0.2) is 42.5 Å². The first-order valence-corrected chi connectivity index (χ1v) is 7.53. The van der Waals surface area contributed by atoms with Gasteiger partial charge in [-0.05, 0) is 42.1 Å². The molecular weight excluding hydrogens is 306 g/mol. The minimum Gasteiger partial charge on any atom is -0.506 e. The van der Waals surface area contributed by atoms with Crippen LogP contribution >= 0.6 is 22.9 Å². The minimum absolute atomic E-state index is 0.00786. The normalized spacial score (nSPS) is 10.8. The van der Waals surface area contributed by atoms with E-state index in [0.29, 0.717) is 15.6 Å². The first-order chi connectivity index (χ1) is 10.1. The van der Waals surface area contributed by atoms with E-state index in [2.05, 4.69) is 5.32 Å². The number of phenols is 1. The van der Waals surface area contributed by atoms with Gasteiger partial charge in [-0.1, -0.05) is 29.8 Å². The second-order valence-electron chi connectivity index (χ2n) is 4.67. The Labute approximate surface area is 130 Å². The summed E-state index contributed by atoms with van der Waals surface area (Å²) in [6.45, 7) is 1.92. The van der Waals surface area contributed by atoms with Gasteiger partial charge in [0.1, 0.15) is 5.75 Å². The molecule has 0 radical (unpaired) electrons. The third kappa shape index (κ3) is 2.60. The number of halogens is 1. The van der Waals surface area contributed by atoms with Crippen molar-refractivity contribution in [1.29, 1.82) is 0 Å². The number of benzene rings is 2. The third-order valence-corrected chi connectivity index (χ3v) is 4.76. The van der Waals surface area contributed by atoms with Crippen LogP contribution in [0.4, 0.5) is 5.69 Å². The highest BCUT2D eigenvalue weighted by Gasteiger charge is 2.16. The molecule has 0 fully saturated rings. The van der Waals surface area contributed by atoms with E-state index in [9.17, 15) is 9.90 Å². The molecule has 1 heterocycles. The average molecular weight is 318 g/mol. The number of nitrogens with one attached hydrogen (secondary N) is 1. The van der Waals surface area contributed by atoms with Crippen LogP contribution in [0, 0.1) is 6.92 Å². The molecule has 3 rings (SSSR count). The predicted octanol–water partition coefficient (Wildman–Crippen LogP) is 4.82. The zero-order valence-electron chi connectivity index (χ0n) is 11.2. The fraction of sp³-hybridized carbons (Fsp3) is 0.0625. The lowest BCUT2D eigenvalue weighted by Crippen LogP contribution is -2.11. The lowest BCUT2D eigenvalue weighted by atomic mass is 10.1. The second kappa shape index (κ2) is 5.39. The smallest absolute Gasteiger partial charge is 0.266 e. The molecule has 0 saturated carbocycles. The number of aromatic hydroxyl groups is 1. The maximum atomic E-state index is 12.4. The number of rotatable bonds is 2. The molecular formula is C16H12ClNO2S. The van der Waals surface area contributed by atoms with Crippen molar-refractivity contribution in [2.24, 2.45) is 0 Å². The molecule has 0 unspecified atom stereocenters. The number of phenolic OH excluding ortho intramolecular Hbond substituents is 1. The molecule has 0 aliphatic rings. The Morgan fingerprint density at radius 1 is 1.24 bits per heavy atom. The zero-order valence-corrected chi connectivity index (χ0v) is 12.8. The van der Waals surface area contributed by atoms with Gasteiger partial charge in [0.25, 0.3) is 5.91 Å².